The summed E-state index contributed by atoms with van der Waals surface area (Å²) in [6.45, 7) is 7.39. The smallest absolute Gasteiger partial charge is 0.189 e. The second-order valence-electron chi connectivity index (χ2n) is 4.39. The van der Waals surface area contributed by atoms with Crippen LogP contribution in [0.1, 0.15) is 30.7 Å². The number of nitrogens with zero attached hydrogens (tertiary/aromatic N) is 1. The molecule has 1 aliphatic heterocycles. The second-order valence-corrected chi connectivity index (χ2v) is 4.39. The van der Waals surface area contributed by atoms with Gasteiger partial charge in [-0.15, -0.1) is 0 Å². The fourth-order valence-electron chi connectivity index (χ4n) is 1.89. The molecule has 0 fully saturated rings. The maximum Gasteiger partial charge on any atom is 0.189 e. The zero-order valence-electron chi connectivity index (χ0n) is 9.54. The van der Waals surface area contributed by atoms with Gasteiger partial charge in [0.2, 0.25) is 0 Å². The highest BCUT2D eigenvalue weighted by molar-refractivity contribution is 5.42. The summed E-state index contributed by atoms with van der Waals surface area (Å²) in [6.07, 6.45) is 2.98. The van der Waals surface area contributed by atoms with E-state index in [-0.39, 0.29) is 0 Å². The first-order chi connectivity index (χ1) is 7.18. The third-order valence-electron chi connectivity index (χ3n) is 2.57. The van der Waals surface area contributed by atoms with E-state index in [0.717, 1.165) is 17.9 Å². The molecular weight excluding hydrogens is 190 g/mol. The molecule has 1 aromatic rings. The maximum atomic E-state index is 5.49. The molecule has 0 spiro atoms. The van der Waals surface area contributed by atoms with Gasteiger partial charge in [-0.05, 0) is 24.8 Å². The number of hydrogen-bond acceptors (Lipinski definition) is 3. The number of fused-ring (bicyclic) bond motifs is 1. The molecule has 0 saturated heterocycles. The van der Waals surface area contributed by atoms with E-state index in [1.165, 1.54) is 11.1 Å². The molecule has 0 N–H and O–H groups in total. The standard InChI is InChI=1S/C12H17NO2/c1-8(2)4-10-5-13-9(3)12-11(10)6-14-7-15-12/h5,8H,4,6-7H2,1-3H3. The number of hydrogen-bond donors (Lipinski definition) is 0. The quantitative estimate of drug-likeness (QED) is 0.746. The molecule has 0 bridgehead atoms. The maximum absolute atomic E-state index is 5.49. The average Bonchev–Trinajstić information content (AvgIpc) is 2.22. The Morgan fingerprint density at radius 2 is 2.27 bits per heavy atom. The highest BCUT2D eigenvalue weighted by atomic mass is 16.7. The summed E-state index contributed by atoms with van der Waals surface area (Å²) in [5.74, 6) is 1.56. The van der Waals surface area contributed by atoms with Crippen molar-refractivity contribution >= 4 is 0 Å². The zero-order valence-corrected chi connectivity index (χ0v) is 9.54. The number of pyridine rings is 1. The van der Waals surface area contributed by atoms with Gasteiger partial charge in [0.1, 0.15) is 5.75 Å². The van der Waals surface area contributed by atoms with Crippen LogP contribution >= 0.6 is 0 Å². The fraction of sp³-hybridized carbons (Fsp3) is 0.583. The van der Waals surface area contributed by atoms with Crippen molar-refractivity contribution in [2.75, 3.05) is 6.79 Å². The lowest BCUT2D eigenvalue weighted by molar-refractivity contribution is -0.0177. The number of ether oxygens (including phenoxy) is 2. The first-order valence-corrected chi connectivity index (χ1v) is 5.36. The van der Waals surface area contributed by atoms with Crippen molar-refractivity contribution in [3.05, 3.63) is 23.0 Å². The normalized spacial score (nSPS) is 14.9. The van der Waals surface area contributed by atoms with Gasteiger partial charge in [0.15, 0.2) is 6.79 Å². The largest absolute Gasteiger partial charge is 0.465 e. The molecule has 3 heteroatoms. The molecule has 0 aromatic carbocycles. The lowest BCUT2D eigenvalue weighted by atomic mass is 9.99. The lowest BCUT2D eigenvalue weighted by Gasteiger charge is -2.22. The first-order valence-electron chi connectivity index (χ1n) is 5.36. The van der Waals surface area contributed by atoms with Crippen molar-refractivity contribution < 1.29 is 9.47 Å². The minimum atomic E-state index is 0.348. The van der Waals surface area contributed by atoms with Crippen LogP contribution in [-0.2, 0) is 17.8 Å². The van der Waals surface area contributed by atoms with E-state index in [9.17, 15) is 0 Å². The Kier molecular flexibility index (Phi) is 2.91. The average molecular weight is 207 g/mol. The Labute approximate surface area is 90.4 Å². The highest BCUT2D eigenvalue weighted by Gasteiger charge is 2.18. The predicted molar refractivity (Wildman–Crippen MR) is 57.8 cm³/mol. The van der Waals surface area contributed by atoms with Gasteiger partial charge in [0, 0.05) is 11.8 Å². The van der Waals surface area contributed by atoms with E-state index in [1.54, 1.807) is 0 Å². The Bertz CT molecular complexity index is 361. The molecule has 2 heterocycles. The first kappa shape index (κ1) is 10.4. The molecule has 82 valence electrons. The second kappa shape index (κ2) is 4.19. The van der Waals surface area contributed by atoms with Crippen LogP contribution in [0.5, 0.6) is 5.75 Å². The third-order valence-corrected chi connectivity index (χ3v) is 2.57. The van der Waals surface area contributed by atoms with Gasteiger partial charge in [-0.25, -0.2) is 0 Å². The number of rotatable bonds is 2. The summed E-state index contributed by atoms with van der Waals surface area (Å²) in [4.78, 5) is 4.36. The topological polar surface area (TPSA) is 31.4 Å². The Balaban J connectivity index is 2.39. The summed E-state index contributed by atoms with van der Waals surface area (Å²) in [5, 5.41) is 0. The van der Waals surface area contributed by atoms with Crippen molar-refractivity contribution in [3.8, 4) is 5.75 Å². The van der Waals surface area contributed by atoms with E-state index >= 15 is 0 Å². The van der Waals surface area contributed by atoms with Crippen molar-refractivity contribution in [2.45, 2.75) is 33.8 Å². The van der Waals surface area contributed by atoms with Crippen LogP contribution in [-0.4, -0.2) is 11.8 Å². The van der Waals surface area contributed by atoms with Crippen LogP contribution in [0.25, 0.3) is 0 Å². The van der Waals surface area contributed by atoms with Crippen LogP contribution < -0.4 is 4.74 Å². The van der Waals surface area contributed by atoms with Gasteiger partial charge in [0.05, 0.1) is 12.3 Å². The molecule has 0 aliphatic carbocycles. The van der Waals surface area contributed by atoms with Crippen LogP contribution in [0.2, 0.25) is 0 Å². The summed E-state index contributed by atoms with van der Waals surface area (Å²) in [5.41, 5.74) is 3.40. The molecule has 2 rings (SSSR count). The van der Waals surface area contributed by atoms with Crippen LogP contribution in [0.3, 0.4) is 0 Å². The Morgan fingerprint density at radius 1 is 1.47 bits per heavy atom. The molecular formula is C12H17NO2. The highest BCUT2D eigenvalue weighted by Crippen LogP contribution is 2.30. The summed E-state index contributed by atoms with van der Waals surface area (Å²) in [6, 6.07) is 0. The van der Waals surface area contributed by atoms with E-state index in [4.69, 9.17) is 9.47 Å². The van der Waals surface area contributed by atoms with Crippen LogP contribution in [0.15, 0.2) is 6.20 Å². The molecule has 1 aromatic heterocycles. The minimum Gasteiger partial charge on any atom is -0.465 e. The molecule has 0 saturated carbocycles. The van der Waals surface area contributed by atoms with Gasteiger partial charge in [0.25, 0.3) is 0 Å². The summed E-state index contributed by atoms with van der Waals surface area (Å²) >= 11 is 0. The van der Waals surface area contributed by atoms with Gasteiger partial charge in [-0.2, -0.15) is 0 Å². The zero-order chi connectivity index (χ0) is 10.8. The SMILES string of the molecule is Cc1ncc(CC(C)C)c2c1OCOC2. The Hall–Kier alpha value is -1.09. The van der Waals surface area contributed by atoms with E-state index in [0.29, 0.717) is 19.3 Å². The van der Waals surface area contributed by atoms with E-state index in [2.05, 4.69) is 18.8 Å². The summed E-state index contributed by atoms with van der Waals surface area (Å²) in [7, 11) is 0. The fourth-order valence-corrected chi connectivity index (χ4v) is 1.89. The lowest BCUT2D eigenvalue weighted by Crippen LogP contribution is -2.16. The minimum absolute atomic E-state index is 0.348. The van der Waals surface area contributed by atoms with Gasteiger partial charge < -0.3 is 9.47 Å². The molecule has 0 unspecified atom stereocenters. The molecule has 1 aliphatic rings. The van der Waals surface area contributed by atoms with Crippen molar-refractivity contribution in [1.29, 1.82) is 0 Å². The molecule has 0 radical (unpaired) electrons. The van der Waals surface area contributed by atoms with Gasteiger partial charge in [-0.3, -0.25) is 4.98 Å². The van der Waals surface area contributed by atoms with Gasteiger partial charge >= 0.3 is 0 Å². The summed E-state index contributed by atoms with van der Waals surface area (Å²) < 4.78 is 10.8. The molecule has 0 amide bonds. The number of aryl methyl sites for hydroxylation is 1. The third kappa shape index (κ3) is 2.12. The van der Waals surface area contributed by atoms with E-state index < -0.39 is 0 Å². The van der Waals surface area contributed by atoms with Gasteiger partial charge in [-0.1, -0.05) is 13.8 Å². The Morgan fingerprint density at radius 3 is 3.00 bits per heavy atom. The van der Waals surface area contributed by atoms with Crippen molar-refractivity contribution in [1.82, 2.24) is 4.98 Å². The number of aromatic nitrogens is 1. The monoisotopic (exact) mass is 207 g/mol. The van der Waals surface area contributed by atoms with E-state index in [1.807, 2.05) is 13.1 Å². The van der Waals surface area contributed by atoms with Crippen molar-refractivity contribution in [3.63, 3.8) is 0 Å². The van der Waals surface area contributed by atoms with Crippen LogP contribution in [0, 0.1) is 12.8 Å². The predicted octanol–water partition coefficient (Wildman–Crippen LogP) is 2.46. The van der Waals surface area contributed by atoms with Crippen molar-refractivity contribution in [2.24, 2.45) is 5.92 Å². The van der Waals surface area contributed by atoms with Crippen LogP contribution in [0.4, 0.5) is 0 Å². The molecule has 0 atom stereocenters. The molecule has 15 heavy (non-hydrogen) atoms. The molecule has 3 nitrogen and oxygen atoms in total.